The maximum atomic E-state index is 8.49. The number of hydrogen-bond acceptors (Lipinski definition) is 21. The summed E-state index contributed by atoms with van der Waals surface area (Å²) in [6, 6.07) is 37.2. The van der Waals surface area contributed by atoms with Crippen molar-refractivity contribution in [3.63, 3.8) is 0 Å². The van der Waals surface area contributed by atoms with Gasteiger partial charge in [-0.05, 0) is 125 Å². The molecular weight excluding hydrogens is 1430 g/mol. The molecule has 0 bridgehead atoms. The fraction of sp³-hybridized carbons (Fsp3) is 0.321. The van der Waals surface area contributed by atoms with Crippen molar-refractivity contribution in [3.05, 3.63) is 214 Å². The topological polar surface area (TPSA) is 364 Å². The van der Waals surface area contributed by atoms with Crippen molar-refractivity contribution in [2.24, 2.45) is 0 Å². The smallest absolute Gasteiger partial charge is 1.00 e. The molecule has 0 saturated heterocycles. The van der Waals surface area contributed by atoms with Crippen LogP contribution >= 0.6 is 46.4 Å². The molecule has 0 aliphatic carbocycles. The van der Waals surface area contributed by atoms with Gasteiger partial charge in [-0.3, -0.25) is 44.6 Å². The zero-order valence-corrected chi connectivity index (χ0v) is 54.5. The van der Waals surface area contributed by atoms with Gasteiger partial charge >= 0.3 is 51.2 Å². The van der Waals surface area contributed by atoms with E-state index in [0.29, 0.717) is 39.3 Å². The number of alkyl halides is 4. The predicted molar refractivity (Wildman–Crippen MR) is 272 cm³/mol. The van der Waals surface area contributed by atoms with Crippen LogP contribution in [0, 0.1) is 30.7 Å². The molecule has 7 aromatic rings. The monoisotopic (exact) mass is 1480 g/mol. The third kappa shape index (κ3) is 41.4. The molecule has 0 saturated carbocycles. The minimum absolute atomic E-state index is 0. The van der Waals surface area contributed by atoms with E-state index in [2.05, 4.69) is 108 Å². The van der Waals surface area contributed by atoms with E-state index in [4.69, 9.17) is 132 Å². The Hall–Kier alpha value is -2.60. The molecule has 479 valence electrons. The molecule has 0 N–H and O–H groups in total. The minimum Gasteiger partial charge on any atom is -1.00 e. The van der Waals surface area contributed by atoms with Crippen molar-refractivity contribution in [2.45, 2.75) is 98.9 Å². The zero-order chi connectivity index (χ0) is 60.3. The van der Waals surface area contributed by atoms with Crippen LogP contribution < -0.4 is 68.3 Å². The number of halogens is 8. The molecule has 6 heterocycles. The maximum absolute atomic E-state index is 8.49. The first kappa shape index (κ1) is 86.6. The zero-order valence-electron chi connectivity index (χ0n) is 45.6. The molecule has 85 heavy (non-hydrogen) atoms. The second kappa shape index (κ2) is 48.3. The van der Waals surface area contributed by atoms with E-state index < -0.39 is 30.7 Å². The standard InChI is InChI=1S/C51H57N9.2CH2Cl2.3ClHO4.ClH.3Cu/c1-4-46-49(37-58(31-40-19-7-13-25-52-40)32-41-20-8-14-26-53-41)47(5-2)51(39-60(35-44-23-11-17-29-56-44)36-45-24-12-18-30-57-45)48(6-3)50(46)38-59(33-42-21-9-15-27-54-42)34-43-22-10-16-28-55-43;2*2-1-3;3*2-1(3,4)5;;;;/h7-30H,4-6,31-39H2,1-3H3;2*1H2;3*(H,2,3,4,5);1H;;;/q;;;;;;;2*+1;+2/p-4. The molecule has 0 unspecified atom stereocenters. The number of rotatable bonds is 21. The summed E-state index contributed by atoms with van der Waals surface area (Å²) in [5.74, 6) is 0. The quantitative estimate of drug-likeness (QED) is 0.0480. The van der Waals surface area contributed by atoms with Crippen LogP contribution in [0.15, 0.2) is 146 Å². The first-order valence-electron chi connectivity index (χ1n) is 24.3. The molecule has 0 fully saturated rings. The average Bonchev–Trinajstić information content (AvgIpc) is 1.90. The summed E-state index contributed by atoms with van der Waals surface area (Å²) in [5, 5.41) is 0.389. The third-order valence-electron chi connectivity index (χ3n) is 11.1. The van der Waals surface area contributed by atoms with Gasteiger partial charge < -0.3 is 12.4 Å². The Morgan fingerprint density at radius 1 is 0.306 bits per heavy atom. The van der Waals surface area contributed by atoms with E-state index in [-0.39, 0.29) is 74.3 Å². The van der Waals surface area contributed by atoms with Crippen LogP contribution in [-0.2, 0) is 129 Å². The molecule has 0 atom stereocenters. The van der Waals surface area contributed by atoms with Gasteiger partial charge in [-0.15, -0.1) is 77.1 Å². The third-order valence-corrected chi connectivity index (χ3v) is 11.1. The number of pyridine rings is 6. The number of hydrogen-bond donors (Lipinski definition) is 0. The normalized spacial score (nSPS) is 10.7. The molecule has 7 rings (SSSR count). The van der Waals surface area contributed by atoms with Crippen LogP contribution in [0.25, 0.3) is 0 Å². The summed E-state index contributed by atoms with van der Waals surface area (Å²) in [5.41, 5.74) is 14.8. The van der Waals surface area contributed by atoms with E-state index in [1.165, 1.54) is 33.4 Å². The average molecular weight is 1490 g/mol. The van der Waals surface area contributed by atoms with Crippen LogP contribution in [0.4, 0.5) is 0 Å². The van der Waals surface area contributed by atoms with Crippen LogP contribution in [0.5, 0.6) is 0 Å². The van der Waals surface area contributed by atoms with Crippen molar-refractivity contribution in [3.8, 4) is 0 Å². The maximum Gasteiger partial charge on any atom is 2.00 e. The van der Waals surface area contributed by atoms with Crippen LogP contribution in [-0.4, -0.2) is 55.3 Å². The fourth-order valence-corrected chi connectivity index (χ4v) is 8.44. The van der Waals surface area contributed by atoms with Gasteiger partial charge in [-0.2, -0.15) is 0 Å². The van der Waals surface area contributed by atoms with Gasteiger partial charge in [0.25, 0.3) is 0 Å². The molecule has 1 aromatic carbocycles. The Morgan fingerprint density at radius 3 is 0.553 bits per heavy atom. The molecule has 0 aliphatic rings. The Labute approximate surface area is 560 Å². The van der Waals surface area contributed by atoms with Gasteiger partial charge in [-0.25, -0.2) is 55.9 Å². The van der Waals surface area contributed by atoms with E-state index in [1.807, 2.05) is 73.6 Å². The van der Waals surface area contributed by atoms with Crippen molar-refractivity contribution in [1.82, 2.24) is 44.6 Å². The molecule has 0 spiro atoms. The Bertz CT molecular complexity index is 2290. The molecule has 21 nitrogen and oxygen atoms in total. The summed E-state index contributed by atoms with van der Waals surface area (Å²) in [6.07, 6.45) is 14.1. The van der Waals surface area contributed by atoms with Crippen molar-refractivity contribution in [1.29, 1.82) is 0 Å². The van der Waals surface area contributed by atoms with Crippen LogP contribution in [0.2, 0.25) is 0 Å². The largest absolute Gasteiger partial charge is 2.00 e. The Kier molecular flexibility index (Phi) is 49.2. The predicted octanol–water partition coefficient (Wildman–Crippen LogP) is -5.08. The van der Waals surface area contributed by atoms with Gasteiger partial charge in [0.15, 0.2) is 0 Å². The minimum atomic E-state index is -4.94. The van der Waals surface area contributed by atoms with Crippen molar-refractivity contribution < 1.29 is 150 Å². The summed E-state index contributed by atoms with van der Waals surface area (Å²) < 4.78 is 102. The van der Waals surface area contributed by atoms with Gasteiger partial charge in [0, 0.05) is 96.1 Å². The van der Waals surface area contributed by atoms with E-state index in [1.54, 1.807) is 0 Å². The van der Waals surface area contributed by atoms with E-state index in [9.17, 15) is 0 Å². The SMILES string of the molecule is CCc1c(CN(Cc2ccccn2)Cc2ccccn2)c(CC)c(CN(Cc2ccccn2)Cc2ccccn2)c(CC)c1CN(Cc1ccccn1)Cc1ccccn1.ClCCl.ClCCl.[Cl-].[Cu+2].[Cu+].[Cu+].[O-][Cl+3]([O-])([O-])[O-].[O-][Cl+3]([O-])([O-])[O-].[O-][Cl+3]([O-])([O-])[O-]. The van der Waals surface area contributed by atoms with Gasteiger partial charge in [0.1, 0.15) is 0 Å². The first-order valence-corrected chi connectivity index (χ1v) is 30.1. The number of aromatic nitrogens is 6. The molecule has 0 aliphatic heterocycles. The van der Waals surface area contributed by atoms with Gasteiger partial charge in [0.05, 0.1) is 44.8 Å². The number of nitrogens with zero attached hydrogens (tertiary/aromatic N) is 9. The molecule has 32 heteroatoms. The molecular formula is C53H61Cl8Cu3N9O12. The van der Waals surface area contributed by atoms with Crippen molar-refractivity contribution >= 4 is 46.4 Å². The second-order valence-corrected chi connectivity index (χ2v) is 20.5. The van der Waals surface area contributed by atoms with Crippen LogP contribution in [0.3, 0.4) is 0 Å². The molecule has 6 aromatic heterocycles. The Morgan fingerprint density at radius 2 is 0.447 bits per heavy atom. The van der Waals surface area contributed by atoms with Gasteiger partial charge in [-0.1, -0.05) is 57.2 Å². The van der Waals surface area contributed by atoms with E-state index in [0.717, 1.165) is 73.1 Å². The summed E-state index contributed by atoms with van der Waals surface area (Å²) in [7, 11) is -14.8. The van der Waals surface area contributed by atoms with Gasteiger partial charge in [0.2, 0.25) is 0 Å². The first-order chi connectivity index (χ1) is 38.4. The molecule has 0 amide bonds. The Balaban J connectivity index is -0.00000233. The fourth-order valence-electron chi connectivity index (χ4n) is 8.44. The van der Waals surface area contributed by atoms with E-state index >= 15 is 0 Å². The summed E-state index contributed by atoms with van der Waals surface area (Å²) in [4.78, 5) is 36.3. The number of benzene rings is 1. The molecule has 1 radical (unpaired) electrons. The summed E-state index contributed by atoms with van der Waals surface area (Å²) >= 11 is 19.1. The second-order valence-electron chi connectivity index (χ2n) is 16.6. The van der Waals surface area contributed by atoms with Crippen LogP contribution in [0.1, 0.15) is 88.3 Å². The summed E-state index contributed by atoms with van der Waals surface area (Å²) in [6.45, 7) is 13.6. The van der Waals surface area contributed by atoms with Crippen molar-refractivity contribution in [2.75, 3.05) is 10.7 Å².